The molecule has 1 aromatic carbocycles. The van der Waals surface area contributed by atoms with Crippen molar-refractivity contribution in [2.24, 2.45) is 0 Å². The molecule has 0 fully saturated rings. The van der Waals surface area contributed by atoms with Crippen molar-refractivity contribution in [2.45, 2.75) is 33.6 Å². The second-order valence-electron chi connectivity index (χ2n) is 5.12. The number of rotatable bonds is 8. The molecule has 6 heteroatoms. The summed E-state index contributed by atoms with van der Waals surface area (Å²) in [6, 6.07) is 5.91. The van der Waals surface area contributed by atoms with E-state index in [2.05, 4.69) is 5.32 Å². The van der Waals surface area contributed by atoms with Gasteiger partial charge in [-0.3, -0.25) is 14.5 Å². The monoisotopic (exact) mass is 328 g/mol. The quantitative estimate of drug-likeness (QED) is 0.770. The van der Waals surface area contributed by atoms with Crippen LogP contribution >= 0.6 is 12.4 Å². The zero-order chi connectivity index (χ0) is 15.8. The van der Waals surface area contributed by atoms with Crippen LogP contribution in [0.25, 0.3) is 0 Å². The minimum Gasteiger partial charge on any atom is -0.480 e. The van der Waals surface area contributed by atoms with Crippen molar-refractivity contribution in [3.8, 4) is 0 Å². The first kappa shape index (κ1) is 20.4. The van der Waals surface area contributed by atoms with Crippen LogP contribution in [0.2, 0.25) is 0 Å². The van der Waals surface area contributed by atoms with Gasteiger partial charge >= 0.3 is 5.97 Å². The average molecular weight is 329 g/mol. The molecule has 0 heterocycles. The van der Waals surface area contributed by atoms with E-state index in [4.69, 9.17) is 5.11 Å². The van der Waals surface area contributed by atoms with Crippen LogP contribution in [0, 0.1) is 6.92 Å². The van der Waals surface area contributed by atoms with Crippen LogP contribution in [0.1, 0.15) is 31.4 Å². The van der Waals surface area contributed by atoms with Crippen LogP contribution in [0.3, 0.4) is 0 Å². The molecule has 0 aliphatic carbocycles. The van der Waals surface area contributed by atoms with Gasteiger partial charge in [0.25, 0.3) is 0 Å². The van der Waals surface area contributed by atoms with Crippen molar-refractivity contribution < 1.29 is 14.7 Å². The molecule has 0 aromatic heterocycles. The molecule has 0 aliphatic rings. The van der Waals surface area contributed by atoms with Gasteiger partial charge in [0, 0.05) is 5.69 Å². The van der Waals surface area contributed by atoms with Crippen molar-refractivity contribution in [3.63, 3.8) is 0 Å². The Bertz CT molecular complexity index is 506. The fourth-order valence-electron chi connectivity index (χ4n) is 2.31. The molecule has 0 spiro atoms. The Kier molecular flexibility index (Phi) is 9.45. The number of carboxylic acid groups (broad SMARTS) is 1. The third-order valence-corrected chi connectivity index (χ3v) is 3.27. The Morgan fingerprint density at radius 2 is 1.91 bits per heavy atom. The summed E-state index contributed by atoms with van der Waals surface area (Å²) >= 11 is 0. The van der Waals surface area contributed by atoms with Gasteiger partial charge in [0.2, 0.25) is 5.91 Å². The average Bonchev–Trinajstić information content (AvgIpc) is 2.40. The predicted octanol–water partition coefficient (Wildman–Crippen LogP) is 2.71. The van der Waals surface area contributed by atoms with Crippen molar-refractivity contribution in [1.82, 2.24) is 4.90 Å². The minimum atomic E-state index is -0.915. The van der Waals surface area contributed by atoms with Gasteiger partial charge in [0.15, 0.2) is 0 Å². The predicted molar refractivity (Wildman–Crippen MR) is 90.8 cm³/mol. The maximum absolute atomic E-state index is 12.2. The number of hydrogen-bond acceptors (Lipinski definition) is 3. The van der Waals surface area contributed by atoms with Crippen molar-refractivity contribution in [1.29, 1.82) is 0 Å². The Balaban J connectivity index is 0.00000441. The summed E-state index contributed by atoms with van der Waals surface area (Å²) in [5, 5.41) is 11.8. The summed E-state index contributed by atoms with van der Waals surface area (Å²) in [7, 11) is 0. The van der Waals surface area contributed by atoms with E-state index >= 15 is 0 Å². The summed E-state index contributed by atoms with van der Waals surface area (Å²) < 4.78 is 0. The number of carbonyl (C=O) groups is 2. The summed E-state index contributed by atoms with van der Waals surface area (Å²) in [4.78, 5) is 24.6. The lowest BCUT2D eigenvalue weighted by Gasteiger charge is -2.20. The summed E-state index contributed by atoms with van der Waals surface area (Å²) in [6.45, 7) is 6.53. The van der Waals surface area contributed by atoms with Gasteiger partial charge in [-0.2, -0.15) is 0 Å². The van der Waals surface area contributed by atoms with Crippen LogP contribution in [0.15, 0.2) is 18.2 Å². The van der Waals surface area contributed by atoms with E-state index in [9.17, 15) is 9.59 Å². The van der Waals surface area contributed by atoms with Crippen LogP contribution < -0.4 is 5.32 Å². The largest absolute Gasteiger partial charge is 0.480 e. The zero-order valence-electron chi connectivity index (χ0n) is 13.4. The third-order valence-electron chi connectivity index (χ3n) is 3.27. The Labute approximate surface area is 138 Å². The molecule has 0 saturated heterocycles. The van der Waals surface area contributed by atoms with Crippen molar-refractivity contribution in [3.05, 3.63) is 29.3 Å². The van der Waals surface area contributed by atoms with E-state index in [1.54, 1.807) is 4.90 Å². The third kappa shape index (κ3) is 6.45. The van der Waals surface area contributed by atoms with E-state index in [0.717, 1.165) is 29.7 Å². The second-order valence-corrected chi connectivity index (χ2v) is 5.12. The van der Waals surface area contributed by atoms with Gasteiger partial charge < -0.3 is 10.4 Å². The number of para-hydroxylation sites is 1. The molecule has 0 radical (unpaired) electrons. The first-order valence-electron chi connectivity index (χ1n) is 7.30. The number of benzene rings is 1. The first-order valence-corrected chi connectivity index (χ1v) is 7.30. The number of aryl methyl sites for hydroxylation is 2. The molecule has 2 N–H and O–H groups in total. The maximum Gasteiger partial charge on any atom is 0.317 e. The lowest BCUT2D eigenvalue weighted by Crippen LogP contribution is -2.37. The Hall–Kier alpha value is -1.59. The summed E-state index contributed by atoms with van der Waals surface area (Å²) in [6.07, 6.45) is 1.65. The lowest BCUT2D eigenvalue weighted by molar-refractivity contribution is -0.138. The van der Waals surface area contributed by atoms with Crippen molar-refractivity contribution in [2.75, 3.05) is 25.0 Å². The molecule has 1 rings (SSSR count). The van der Waals surface area contributed by atoms with Gasteiger partial charge in [-0.1, -0.05) is 32.0 Å². The molecule has 5 nitrogen and oxygen atoms in total. The number of halogens is 1. The minimum absolute atomic E-state index is 0. The SMILES string of the molecule is CCCN(CC(=O)O)CC(=O)Nc1c(C)cccc1CC.Cl. The Morgan fingerprint density at radius 3 is 2.45 bits per heavy atom. The highest BCUT2D eigenvalue weighted by molar-refractivity contribution is 5.94. The molecule has 1 aromatic rings. The number of aliphatic carboxylic acids is 1. The Morgan fingerprint density at radius 1 is 1.23 bits per heavy atom. The maximum atomic E-state index is 12.2. The molecule has 0 aliphatic heterocycles. The molecular formula is C16H25ClN2O3. The number of hydrogen-bond donors (Lipinski definition) is 2. The van der Waals surface area contributed by atoms with Gasteiger partial charge in [-0.25, -0.2) is 0 Å². The van der Waals surface area contributed by atoms with Gasteiger partial charge in [0.1, 0.15) is 0 Å². The molecule has 1 amide bonds. The van der Waals surface area contributed by atoms with E-state index < -0.39 is 5.97 Å². The number of amides is 1. The second kappa shape index (κ2) is 10.2. The molecule has 0 atom stereocenters. The molecule has 22 heavy (non-hydrogen) atoms. The number of nitrogens with one attached hydrogen (secondary N) is 1. The topological polar surface area (TPSA) is 69.6 Å². The molecule has 124 valence electrons. The van der Waals surface area contributed by atoms with Gasteiger partial charge in [0.05, 0.1) is 13.1 Å². The van der Waals surface area contributed by atoms with Crippen molar-refractivity contribution >= 4 is 30.0 Å². The highest BCUT2D eigenvalue weighted by Crippen LogP contribution is 2.20. The first-order chi connectivity index (χ1) is 9.97. The van der Waals surface area contributed by atoms with E-state index in [1.807, 2.05) is 39.0 Å². The zero-order valence-corrected chi connectivity index (χ0v) is 14.2. The smallest absolute Gasteiger partial charge is 0.317 e. The fraction of sp³-hybridized carbons (Fsp3) is 0.500. The molecule has 0 bridgehead atoms. The molecular weight excluding hydrogens is 304 g/mol. The molecule has 0 unspecified atom stereocenters. The van der Waals surface area contributed by atoms with E-state index in [-0.39, 0.29) is 31.4 Å². The van der Waals surface area contributed by atoms with Gasteiger partial charge in [-0.15, -0.1) is 12.4 Å². The van der Waals surface area contributed by atoms with Crippen LogP contribution in [0.4, 0.5) is 5.69 Å². The standard InChI is InChI=1S/C16H24N2O3.ClH/c1-4-9-18(11-15(20)21)10-14(19)17-16-12(3)7-6-8-13(16)5-2;/h6-8H,4-5,9-11H2,1-3H3,(H,17,19)(H,20,21);1H. The number of anilines is 1. The highest BCUT2D eigenvalue weighted by Gasteiger charge is 2.15. The highest BCUT2D eigenvalue weighted by atomic mass is 35.5. The number of carboxylic acids is 1. The summed E-state index contributed by atoms with van der Waals surface area (Å²) in [5.74, 6) is -1.09. The van der Waals surface area contributed by atoms with Crippen LogP contribution in [0.5, 0.6) is 0 Å². The lowest BCUT2D eigenvalue weighted by atomic mass is 10.1. The number of nitrogens with zero attached hydrogens (tertiary/aromatic N) is 1. The summed E-state index contributed by atoms with van der Waals surface area (Å²) in [5.41, 5.74) is 2.95. The number of carbonyl (C=O) groups excluding carboxylic acids is 1. The van der Waals surface area contributed by atoms with Crippen LogP contribution in [-0.4, -0.2) is 41.5 Å². The van der Waals surface area contributed by atoms with E-state index in [0.29, 0.717) is 6.54 Å². The fourth-order valence-corrected chi connectivity index (χ4v) is 2.31. The normalized spacial score (nSPS) is 10.2. The van der Waals surface area contributed by atoms with Crippen LogP contribution in [-0.2, 0) is 16.0 Å². The van der Waals surface area contributed by atoms with E-state index in [1.165, 1.54) is 0 Å². The molecule has 0 saturated carbocycles. The van der Waals surface area contributed by atoms with Gasteiger partial charge in [-0.05, 0) is 37.4 Å².